The third-order valence-corrected chi connectivity index (χ3v) is 5.44. The van der Waals surface area contributed by atoms with Gasteiger partial charge in [-0.15, -0.1) is 0 Å². The molecule has 1 aliphatic rings. The Morgan fingerprint density at radius 1 is 1.43 bits per heavy atom. The maximum atomic E-state index is 12.5. The van der Waals surface area contributed by atoms with Crippen molar-refractivity contribution in [3.8, 4) is 0 Å². The number of aromatic nitrogens is 1. The lowest BCUT2D eigenvalue weighted by Gasteiger charge is -2.35. The maximum absolute atomic E-state index is 12.5. The summed E-state index contributed by atoms with van der Waals surface area (Å²) in [6.07, 6.45) is 5.55. The van der Waals surface area contributed by atoms with Crippen LogP contribution in [-0.2, 0) is 10.0 Å². The van der Waals surface area contributed by atoms with E-state index in [0.29, 0.717) is 12.4 Å². The number of pyridine rings is 1. The van der Waals surface area contributed by atoms with Gasteiger partial charge in [0.25, 0.3) is 0 Å². The zero-order chi connectivity index (χ0) is 15.5. The highest BCUT2D eigenvalue weighted by Crippen LogP contribution is 2.35. The minimum Gasteiger partial charge on any atom is -0.370 e. The van der Waals surface area contributed by atoms with Crippen molar-refractivity contribution in [1.82, 2.24) is 9.71 Å². The molecule has 2 N–H and O–H groups in total. The smallest absolute Gasteiger partial charge is 0.241 e. The Labute approximate surface area is 127 Å². The molecule has 0 radical (unpaired) electrons. The number of sulfonamides is 1. The molecule has 0 saturated heterocycles. The van der Waals surface area contributed by atoms with Gasteiger partial charge in [0.2, 0.25) is 10.0 Å². The molecule has 1 fully saturated rings. The standard InChI is InChI=1S/C15H25N3O2S/c1-4-16-14-10-13(7-9-17-14)21(19,20)18-12-6-5-8-15(2,3)11-12/h7,9-10,12,18H,4-6,8,11H2,1-3H3,(H,16,17). The summed E-state index contributed by atoms with van der Waals surface area (Å²) < 4.78 is 27.9. The highest BCUT2D eigenvalue weighted by atomic mass is 32.2. The molecule has 0 spiro atoms. The van der Waals surface area contributed by atoms with Gasteiger partial charge in [0.05, 0.1) is 4.90 Å². The molecule has 1 aliphatic carbocycles. The van der Waals surface area contributed by atoms with E-state index in [1.54, 1.807) is 6.07 Å². The number of nitrogens with zero attached hydrogens (tertiary/aromatic N) is 1. The molecule has 0 amide bonds. The Kier molecular flexibility index (Phi) is 4.88. The van der Waals surface area contributed by atoms with Gasteiger partial charge in [-0.1, -0.05) is 20.3 Å². The first kappa shape index (κ1) is 16.2. The van der Waals surface area contributed by atoms with Gasteiger partial charge in [-0.05, 0) is 37.7 Å². The summed E-state index contributed by atoms with van der Waals surface area (Å²) in [6.45, 7) is 7.05. The second-order valence-corrected chi connectivity index (χ2v) is 8.20. The van der Waals surface area contributed by atoms with Crippen molar-refractivity contribution < 1.29 is 8.42 Å². The maximum Gasteiger partial charge on any atom is 0.241 e. The van der Waals surface area contributed by atoms with Crippen molar-refractivity contribution in [2.75, 3.05) is 11.9 Å². The fourth-order valence-electron chi connectivity index (χ4n) is 2.94. The quantitative estimate of drug-likeness (QED) is 0.877. The van der Waals surface area contributed by atoms with E-state index in [4.69, 9.17) is 0 Å². The zero-order valence-corrected chi connectivity index (χ0v) is 13.8. The van der Waals surface area contributed by atoms with Crippen molar-refractivity contribution in [3.05, 3.63) is 18.3 Å². The average Bonchev–Trinajstić information content (AvgIpc) is 2.37. The fraction of sp³-hybridized carbons (Fsp3) is 0.667. The summed E-state index contributed by atoms with van der Waals surface area (Å²) in [7, 11) is -3.48. The van der Waals surface area contributed by atoms with Gasteiger partial charge in [0.15, 0.2) is 0 Å². The molecule has 1 atom stereocenters. The Balaban J connectivity index is 2.13. The van der Waals surface area contributed by atoms with Gasteiger partial charge in [-0.25, -0.2) is 18.1 Å². The lowest BCUT2D eigenvalue weighted by atomic mass is 9.75. The first-order valence-electron chi connectivity index (χ1n) is 7.55. The molecule has 5 nitrogen and oxygen atoms in total. The molecule has 1 heterocycles. The van der Waals surface area contributed by atoms with Gasteiger partial charge < -0.3 is 5.32 Å². The van der Waals surface area contributed by atoms with Gasteiger partial charge >= 0.3 is 0 Å². The van der Waals surface area contributed by atoms with Crippen molar-refractivity contribution in [2.24, 2.45) is 5.41 Å². The van der Waals surface area contributed by atoms with Gasteiger partial charge in [0, 0.05) is 24.8 Å². The second kappa shape index (κ2) is 6.32. The van der Waals surface area contributed by atoms with Crippen LogP contribution in [0, 0.1) is 5.41 Å². The minimum atomic E-state index is -3.48. The Hall–Kier alpha value is -1.14. The van der Waals surface area contributed by atoms with Crippen molar-refractivity contribution >= 4 is 15.8 Å². The minimum absolute atomic E-state index is 0.0227. The number of hydrogen-bond donors (Lipinski definition) is 2. The van der Waals surface area contributed by atoms with Gasteiger partial charge in [0.1, 0.15) is 5.82 Å². The number of anilines is 1. The van der Waals surface area contributed by atoms with Crippen molar-refractivity contribution in [2.45, 2.75) is 57.4 Å². The number of nitrogens with one attached hydrogen (secondary N) is 2. The summed E-state index contributed by atoms with van der Waals surface area (Å²) in [4.78, 5) is 4.38. The molecule has 0 bridgehead atoms. The molecule has 118 valence electrons. The monoisotopic (exact) mass is 311 g/mol. The fourth-order valence-corrected chi connectivity index (χ4v) is 4.23. The first-order chi connectivity index (χ1) is 9.82. The third kappa shape index (κ3) is 4.41. The van der Waals surface area contributed by atoms with E-state index in [9.17, 15) is 8.42 Å². The molecule has 1 aromatic heterocycles. The highest BCUT2D eigenvalue weighted by molar-refractivity contribution is 7.89. The Bertz CT molecular complexity index is 584. The zero-order valence-electron chi connectivity index (χ0n) is 13.0. The van der Waals surface area contributed by atoms with Crippen LogP contribution in [-0.4, -0.2) is 26.0 Å². The molecule has 0 aromatic carbocycles. The van der Waals surface area contributed by atoms with Crippen molar-refractivity contribution in [3.63, 3.8) is 0 Å². The third-order valence-electron chi connectivity index (χ3n) is 3.93. The lowest BCUT2D eigenvalue weighted by Crippen LogP contribution is -2.40. The van der Waals surface area contributed by atoms with Crippen LogP contribution in [0.25, 0.3) is 0 Å². The summed E-state index contributed by atoms with van der Waals surface area (Å²) in [5.41, 5.74) is 0.207. The summed E-state index contributed by atoms with van der Waals surface area (Å²) >= 11 is 0. The van der Waals surface area contributed by atoms with Crippen LogP contribution in [0.1, 0.15) is 46.5 Å². The molecule has 1 saturated carbocycles. The number of hydrogen-bond acceptors (Lipinski definition) is 4. The van der Waals surface area contributed by atoms with Crippen LogP contribution in [0.15, 0.2) is 23.2 Å². The van der Waals surface area contributed by atoms with Crippen LogP contribution >= 0.6 is 0 Å². The van der Waals surface area contributed by atoms with Gasteiger partial charge in [-0.2, -0.15) is 0 Å². The average molecular weight is 311 g/mol. The first-order valence-corrected chi connectivity index (χ1v) is 9.03. The van der Waals surface area contributed by atoms with Gasteiger partial charge in [-0.3, -0.25) is 0 Å². The van der Waals surface area contributed by atoms with Crippen LogP contribution < -0.4 is 10.0 Å². The molecule has 2 rings (SSSR count). The predicted molar refractivity (Wildman–Crippen MR) is 84.8 cm³/mol. The van der Waals surface area contributed by atoms with E-state index in [1.165, 1.54) is 12.3 Å². The summed E-state index contributed by atoms with van der Waals surface area (Å²) in [6, 6.07) is 3.14. The summed E-state index contributed by atoms with van der Waals surface area (Å²) in [5.74, 6) is 0.587. The van der Waals surface area contributed by atoms with E-state index < -0.39 is 10.0 Å². The molecule has 6 heteroatoms. The normalized spacial score (nSPS) is 22.0. The van der Waals surface area contributed by atoms with Crippen LogP contribution in [0.3, 0.4) is 0 Å². The SMILES string of the molecule is CCNc1cc(S(=O)(=O)NC2CCCC(C)(C)C2)ccn1. The largest absolute Gasteiger partial charge is 0.370 e. The second-order valence-electron chi connectivity index (χ2n) is 6.49. The lowest BCUT2D eigenvalue weighted by molar-refractivity contribution is 0.212. The molecule has 21 heavy (non-hydrogen) atoms. The van der Waals surface area contributed by atoms with E-state index >= 15 is 0 Å². The molecule has 0 aliphatic heterocycles. The topological polar surface area (TPSA) is 71.1 Å². The van der Waals surface area contributed by atoms with Crippen molar-refractivity contribution in [1.29, 1.82) is 0 Å². The van der Waals surface area contributed by atoms with E-state index in [-0.39, 0.29) is 16.4 Å². The molecular formula is C15H25N3O2S. The Morgan fingerprint density at radius 3 is 2.86 bits per heavy atom. The van der Waals surface area contributed by atoms with E-state index in [0.717, 1.165) is 25.7 Å². The predicted octanol–water partition coefficient (Wildman–Crippen LogP) is 2.76. The molecule has 1 aromatic rings. The van der Waals surface area contributed by atoms with E-state index in [1.807, 2.05) is 6.92 Å². The summed E-state index contributed by atoms with van der Waals surface area (Å²) in [5, 5.41) is 3.03. The highest BCUT2D eigenvalue weighted by Gasteiger charge is 2.30. The van der Waals surface area contributed by atoms with Crippen LogP contribution in [0.5, 0.6) is 0 Å². The Morgan fingerprint density at radius 2 is 2.19 bits per heavy atom. The number of rotatable bonds is 5. The van der Waals surface area contributed by atoms with E-state index in [2.05, 4.69) is 28.9 Å². The van der Waals surface area contributed by atoms with Crippen LogP contribution in [0.4, 0.5) is 5.82 Å². The van der Waals surface area contributed by atoms with Crippen LogP contribution in [0.2, 0.25) is 0 Å². The molecule has 1 unspecified atom stereocenters. The molecular weight excluding hydrogens is 286 g/mol.